The zero-order chi connectivity index (χ0) is 12.0. The predicted octanol–water partition coefficient (Wildman–Crippen LogP) is 2.86. The van der Waals surface area contributed by atoms with Gasteiger partial charge in [0, 0.05) is 19.3 Å². The van der Waals surface area contributed by atoms with E-state index in [9.17, 15) is 0 Å². The van der Waals surface area contributed by atoms with Crippen molar-refractivity contribution in [3.05, 3.63) is 29.8 Å². The summed E-state index contributed by atoms with van der Waals surface area (Å²) >= 11 is 0. The maximum absolute atomic E-state index is 3.17. The van der Waals surface area contributed by atoms with Crippen molar-refractivity contribution in [3.63, 3.8) is 0 Å². The quantitative estimate of drug-likeness (QED) is 0.742. The van der Waals surface area contributed by atoms with Gasteiger partial charge in [-0.3, -0.25) is 0 Å². The monoisotopic (exact) mass is 220 g/mol. The highest BCUT2D eigenvalue weighted by Crippen LogP contribution is 2.19. The number of benzene rings is 1. The largest absolute Gasteiger partial charge is 0.375 e. The summed E-state index contributed by atoms with van der Waals surface area (Å²) in [6.45, 7) is 6.63. The minimum atomic E-state index is 0.614. The van der Waals surface area contributed by atoms with Crippen LogP contribution in [0.5, 0.6) is 0 Å². The maximum Gasteiger partial charge on any atom is 0.0363 e. The number of anilines is 1. The molecule has 0 saturated carbocycles. The maximum atomic E-state index is 3.17. The average Bonchev–Trinajstić information content (AvgIpc) is 2.29. The molecule has 0 bridgehead atoms. The van der Waals surface area contributed by atoms with Crippen LogP contribution in [0.3, 0.4) is 0 Å². The molecule has 0 spiro atoms. The van der Waals surface area contributed by atoms with Crippen molar-refractivity contribution in [1.29, 1.82) is 0 Å². The van der Waals surface area contributed by atoms with Crippen LogP contribution in [-0.2, 0) is 0 Å². The van der Waals surface area contributed by atoms with Crippen molar-refractivity contribution in [2.24, 2.45) is 0 Å². The zero-order valence-electron chi connectivity index (χ0n) is 11.0. The Morgan fingerprint density at radius 1 is 1.19 bits per heavy atom. The van der Waals surface area contributed by atoms with Crippen molar-refractivity contribution >= 4 is 5.69 Å². The Balaban J connectivity index is 2.52. The van der Waals surface area contributed by atoms with Gasteiger partial charge in [0.25, 0.3) is 0 Å². The molecular weight excluding hydrogens is 196 g/mol. The Labute approximate surface area is 99.7 Å². The first-order valence-corrected chi connectivity index (χ1v) is 6.11. The number of hydrogen-bond donors (Lipinski definition) is 1. The van der Waals surface area contributed by atoms with E-state index in [4.69, 9.17) is 0 Å². The molecule has 0 aliphatic carbocycles. The van der Waals surface area contributed by atoms with Crippen LogP contribution in [0.4, 0.5) is 5.69 Å². The highest BCUT2D eigenvalue weighted by Gasteiger charge is 2.02. The second-order valence-corrected chi connectivity index (χ2v) is 4.62. The summed E-state index contributed by atoms with van der Waals surface area (Å²) in [6, 6.07) is 8.90. The second-order valence-electron chi connectivity index (χ2n) is 4.62. The summed E-state index contributed by atoms with van der Waals surface area (Å²) in [5.74, 6) is 0.614. The lowest BCUT2D eigenvalue weighted by Gasteiger charge is -2.19. The molecule has 0 unspecified atom stereocenters. The highest BCUT2D eigenvalue weighted by molar-refractivity contribution is 5.47. The molecule has 90 valence electrons. The summed E-state index contributed by atoms with van der Waals surface area (Å²) in [6.07, 6.45) is 1.18. The Hall–Kier alpha value is -1.02. The third-order valence-electron chi connectivity index (χ3n) is 2.92. The lowest BCUT2D eigenvalue weighted by molar-refractivity contribution is 0.713. The Morgan fingerprint density at radius 2 is 1.81 bits per heavy atom. The van der Waals surface area contributed by atoms with Gasteiger partial charge in [0.05, 0.1) is 0 Å². The van der Waals surface area contributed by atoms with Crippen molar-refractivity contribution in [1.82, 2.24) is 5.32 Å². The van der Waals surface area contributed by atoms with Gasteiger partial charge in [0.15, 0.2) is 0 Å². The van der Waals surface area contributed by atoms with Crippen molar-refractivity contribution in [3.8, 4) is 0 Å². The number of nitrogens with zero attached hydrogens (tertiary/aromatic N) is 1. The van der Waals surface area contributed by atoms with E-state index in [1.165, 1.54) is 17.7 Å². The molecule has 16 heavy (non-hydrogen) atoms. The number of nitrogens with one attached hydrogen (secondary N) is 1. The van der Waals surface area contributed by atoms with E-state index in [1.54, 1.807) is 0 Å². The summed E-state index contributed by atoms with van der Waals surface area (Å²) < 4.78 is 0. The standard InChI is InChI=1S/C14H24N2/c1-12(2)13-6-8-14(9-7-13)16(4)11-5-10-15-3/h6-9,12,15H,5,10-11H2,1-4H3. The molecule has 1 rings (SSSR count). The number of rotatable bonds is 6. The molecule has 0 heterocycles. The molecule has 0 fully saturated rings. The molecule has 0 aliphatic rings. The molecule has 0 amide bonds. The predicted molar refractivity (Wildman–Crippen MR) is 72.3 cm³/mol. The molecule has 0 aromatic heterocycles. The fourth-order valence-electron chi connectivity index (χ4n) is 1.74. The minimum Gasteiger partial charge on any atom is -0.375 e. The van der Waals surface area contributed by atoms with Gasteiger partial charge < -0.3 is 10.2 Å². The first kappa shape index (κ1) is 13.0. The highest BCUT2D eigenvalue weighted by atomic mass is 15.1. The van der Waals surface area contributed by atoms with E-state index < -0.39 is 0 Å². The smallest absolute Gasteiger partial charge is 0.0363 e. The van der Waals surface area contributed by atoms with E-state index in [1.807, 2.05) is 7.05 Å². The fourth-order valence-corrected chi connectivity index (χ4v) is 1.74. The summed E-state index contributed by atoms with van der Waals surface area (Å²) in [5.41, 5.74) is 2.72. The van der Waals surface area contributed by atoms with Crippen LogP contribution in [0.1, 0.15) is 31.7 Å². The van der Waals surface area contributed by atoms with Gasteiger partial charge in [-0.15, -0.1) is 0 Å². The molecule has 2 heteroatoms. The van der Waals surface area contributed by atoms with E-state index in [0.29, 0.717) is 5.92 Å². The van der Waals surface area contributed by atoms with E-state index in [0.717, 1.165) is 13.1 Å². The summed E-state index contributed by atoms with van der Waals surface area (Å²) in [5, 5.41) is 3.17. The van der Waals surface area contributed by atoms with Gasteiger partial charge in [-0.2, -0.15) is 0 Å². The minimum absolute atomic E-state index is 0.614. The lowest BCUT2D eigenvalue weighted by Crippen LogP contribution is -2.22. The van der Waals surface area contributed by atoms with Crippen LogP contribution in [0.2, 0.25) is 0 Å². The first-order valence-electron chi connectivity index (χ1n) is 6.11. The molecule has 0 radical (unpaired) electrons. The first-order chi connectivity index (χ1) is 7.65. The van der Waals surface area contributed by atoms with Gasteiger partial charge in [0.1, 0.15) is 0 Å². The van der Waals surface area contributed by atoms with Gasteiger partial charge >= 0.3 is 0 Å². The van der Waals surface area contributed by atoms with Gasteiger partial charge in [-0.25, -0.2) is 0 Å². The van der Waals surface area contributed by atoms with Crippen molar-refractivity contribution in [2.75, 3.05) is 32.1 Å². The Kier molecular flexibility index (Phi) is 5.33. The van der Waals surface area contributed by atoms with Crippen LogP contribution in [0.25, 0.3) is 0 Å². The van der Waals surface area contributed by atoms with Crippen LogP contribution in [0, 0.1) is 0 Å². The van der Waals surface area contributed by atoms with Gasteiger partial charge in [0.2, 0.25) is 0 Å². The molecule has 2 nitrogen and oxygen atoms in total. The van der Waals surface area contributed by atoms with Crippen LogP contribution >= 0.6 is 0 Å². The average molecular weight is 220 g/mol. The third kappa shape index (κ3) is 3.86. The molecule has 1 N–H and O–H groups in total. The Morgan fingerprint density at radius 3 is 2.31 bits per heavy atom. The normalized spacial score (nSPS) is 10.8. The van der Waals surface area contributed by atoms with Crippen LogP contribution in [-0.4, -0.2) is 27.2 Å². The summed E-state index contributed by atoms with van der Waals surface area (Å²) in [7, 11) is 4.15. The van der Waals surface area contributed by atoms with Crippen molar-refractivity contribution in [2.45, 2.75) is 26.2 Å². The molecule has 0 saturated heterocycles. The molecule has 0 atom stereocenters. The molecule has 0 aliphatic heterocycles. The lowest BCUT2D eigenvalue weighted by atomic mass is 10.0. The molecular formula is C14H24N2. The van der Waals surface area contributed by atoms with E-state index in [-0.39, 0.29) is 0 Å². The van der Waals surface area contributed by atoms with Gasteiger partial charge in [-0.05, 0) is 43.6 Å². The zero-order valence-corrected chi connectivity index (χ0v) is 11.0. The van der Waals surface area contributed by atoms with Crippen molar-refractivity contribution < 1.29 is 0 Å². The van der Waals surface area contributed by atoms with E-state index >= 15 is 0 Å². The fraction of sp³-hybridized carbons (Fsp3) is 0.571. The number of hydrogen-bond acceptors (Lipinski definition) is 2. The van der Waals surface area contributed by atoms with Crippen LogP contribution in [0.15, 0.2) is 24.3 Å². The second kappa shape index (κ2) is 6.54. The SMILES string of the molecule is CNCCCN(C)c1ccc(C(C)C)cc1. The molecule has 1 aromatic carbocycles. The summed E-state index contributed by atoms with van der Waals surface area (Å²) in [4.78, 5) is 2.31. The molecule has 1 aromatic rings. The van der Waals surface area contributed by atoms with Crippen LogP contribution < -0.4 is 10.2 Å². The van der Waals surface area contributed by atoms with E-state index in [2.05, 4.69) is 55.4 Å². The topological polar surface area (TPSA) is 15.3 Å². The van der Waals surface area contributed by atoms with Gasteiger partial charge in [-0.1, -0.05) is 26.0 Å². The Bertz CT molecular complexity index is 290. The third-order valence-corrected chi connectivity index (χ3v) is 2.92.